The van der Waals surface area contributed by atoms with Crippen molar-refractivity contribution in [1.82, 2.24) is 0 Å². The average molecular weight is 417 g/mol. The van der Waals surface area contributed by atoms with Crippen LogP contribution in [0.2, 0.25) is 16.6 Å². The van der Waals surface area contributed by atoms with Crippen molar-refractivity contribution in [3.63, 3.8) is 0 Å². The van der Waals surface area contributed by atoms with Crippen LogP contribution in [0.15, 0.2) is 36.4 Å². The van der Waals surface area contributed by atoms with Gasteiger partial charge in [0.1, 0.15) is 11.9 Å². The molecule has 3 atom stereocenters. The molecule has 0 aliphatic carbocycles. The second kappa shape index (κ2) is 8.01. The smallest absolute Gasteiger partial charge is 0.258 e. The molecule has 2 bridgehead atoms. The van der Waals surface area contributed by atoms with E-state index in [1.54, 1.807) is 12.2 Å². The number of fused-ring (bicyclic) bond motifs is 2. The molecule has 0 amide bonds. The van der Waals surface area contributed by atoms with Crippen LogP contribution in [0.4, 0.5) is 0 Å². The first kappa shape index (κ1) is 22.3. The van der Waals surface area contributed by atoms with Crippen LogP contribution in [-0.4, -0.2) is 26.0 Å². The molecule has 29 heavy (non-hydrogen) atoms. The molecule has 4 nitrogen and oxygen atoms in total. The summed E-state index contributed by atoms with van der Waals surface area (Å²) in [6.07, 6.45) is 2.40. The number of ether oxygens (including phenoxy) is 2. The summed E-state index contributed by atoms with van der Waals surface area (Å²) in [4.78, 5) is 12.4. The molecule has 160 valence electrons. The fraction of sp³-hybridized carbons (Fsp3) is 0.625. The van der Waals surface area contributed by atoms with Crippen molar-refractivity contribution >= 4 is 14.1 Å². The summed E-state index contributed by atoms with van der Waals surface area (Å²) in [6.45, 7) is 17.8. The zero-order valence-corrected chi connectivity index (χ0v) is 20.1. The molecule has 0 aromatic heterocycles. The molecular formula is C24H36O4Si. The number of hydrogen-bond donors (Lipinski definition) is 0. The highest BCUT2D eigenvalue weighted by molar-refractivity contribution is 6.78. The molecule has 0 saturated carbocycles. The number of benzene rings is 1. The van der Waals surface area contributed by atoms with E-state index in [1.165, 1.54) is 0 Å². The van der Waals surface area contributed by atoms with Gasteiger partial charge in [-0.15, -0.1) is 0 Å². The van der Waals surface area contributed by atoms with Crippen molar-refractivity contribution in [2.75, 3.05) is 0 Å². The van der Waals surface area contributed by atoms with Crippen molar-refractivity contribution in [2.45, 2.75) is 90.0 Å². The van der Waals surface area contributed by atoms with Crippen LogP contribution < -0.4 is 4.43 Å². The van der Waals surface area contributed by atoms with E-state index in [9.17, 15) is 4.79 Å². The summed E-state index contributed by atoms with van der Waals surface area (Å²) in [7, 11) is -2.00. The first-order valence-electron chi connectivity index (χ1n) is 10.9. The Labute approximate surface area is 176 Å². The molecule has 1 aromatic carbocycles. The molecule has 1 fully saturated rings. The Kier molecular flexibility index (Phi) is 6.15. The van der Waals surface area contributed by atoms with Gasteiger partial charge in [-0.05, 0) is 46.5 Å². The molecule has 2 heterocycles. The highest BCUT2D eigenvalue weighted by atomic mass is 28.4. The maximum Gasteiger partial charge on any atom is 0.258 e. The van der Waals surface area contributed by atoms with Crippen molar-refractivity contribution in [3.05, 3.63) is 42.0 Å². The van der Waals surface area contributed by atoms with Crippen LogP contribution in [-0.2, 0) is 14.3 Å². The summed E-state index contributed by atoms with van der Waals surface area (Å²) in [5, 5.41) is 0. The molecule has 2 aliphatic heterocycles. The van der Waals surface area contributed by atoms with Crippen LogP contribution in [0.5, 0.6) is 5.75 Å². The number of carbonyl (C=O) groups excluding carboxylic acids is 1. The highest BCUT2D eigenvalue weighted by Gasteiger charge is 2.53. The SMILES string of the molecule is CC(C)C12C=CC(=O)[C@H](O1)C(c1ccc(O[Si](C(C)C)(C(C)C)C(C)C)cc1)O2. The van der Waals surface area contributed by atoms with Crippen molar-refractivity contribution in [2.24, 2.45) is 5.92 Å². The minimum absolute atomic E-state index is 0.0325. The average Bonchev–Trinajstić information content (AvgIpc) is 2.99. The number of carbonyl (C=O) groups is 1. The minimum atomic E-state index is -2.00. The third-order valence-electron chi connectivity index (χ3n) is 6.67. The first-order chi connectivity index (χ1) is 13.5. The van der Waals surface area contributed by atoms with Crippen LogP contribution in [0.25, 0.3) is 0 Å². The van der Waals surface area contributed by atoms with Gasteiger partial charge in [0, 0.05) is 5.92 Å². The van der Waals surface area contributed by atoms with Gasteiger partial charge in [-0.2, -0.15) is 0 Å². The van der Waals surface area contributed by atoms with Gasteiger partial charge in [0.05, 0.1) is 0 Å². The number of ketones is 1. The Morgan fingerprint density at radius 3 is 1.86 bits per heavy atom. The van der Waals surface area contributed by atoms with Gasteiger partial charge in [-0.25, -0.2) is 0 Å². The predicted molar refractivity (Wildman–Crippen MR) is 119 cm³/mol. The van der Waals surface area contributed by atoms with E-state index in [0.29, 0.717) is 16.6 Å². The summed E-state index contributed by atoms with van der Waals surface area (Å²) in [5.41, 5.74) is 2.50. The maximum absolute atomic E-state index is 12.4. The molecule has 0 N–H and O–H groups in total. The lowest BCUT2D eigenvalue weighted by Gasteiger charge is -2.42. The minimum Gasteiger partial charge on any atom is -0.543 e. The Hall–Kier alpha value is -1.43. The first-order valence-corrected chi connectivity index (χ1v) is 13.0. The highest BCUT2D eigenvalue weighted by Crippen LogP contribution is 2.47. The Morgan fingerprint density at radius 1 is 0.862 bits per heavy atom. The standard InChI is InChI=1S/C24H36O4Si/c1-15(2)24-14-13-21(25)23(27-24)22(26-24)19-9-11-20(12-10-19)28-29(16(3)4,17(5)6)18(7)8/h9-18,22-23H,1-8H3/t22?,23-,24?/m0/s1. The van der Waals surface area contributed by atoms with E-state index < -0.39 is 26.3 Å². The van der Waals surface area contributed by atoms with E-state index in [2.05, 4.69) is 41.5 Å². The summed E-state index contributed by atoms with van der Waals surface area (Å²) in [5.74, 6) is 0.181. The van der Waals surface area contributed by atoms with Crippen LogP contribution in [0.1, 0.15) is 67.1 Å². The maximum atomic E-state index is 12.4. The van der Waals surface area contributed by atoms with Crippen LogP contribution in [0.3, 0.4) is 0 Å². The lowest BCUT2D eigenvalue weighted by atomic mass is 9.98. The molecule has 2 aliphatic rings. The van der Waals surface area contributed by atoms with Gasteiger partial charge in [0.2, 0.25) is 0 Å². The van der Waals surface area contributed by atoms with E-state index >= 15 is 0 Å². The summed E-state index contributed by atoms with van der Waals surface area (Å²) >= 11 is 0. The van der Waals surface area contributed by atoms with Gasteiger partial charge in [-0.1, -0.05) is 67.5 Å². The van der Waals surface area contributed by atoms with E-state index in [1.807, 2.05) is 38.1 Å². The Morgan fingerprint density at radius 2 is 1.38 bits per heavy atom. The zero-order valence-electron chi connectivity index (χ0n) is 19.1. The lowest BCUT2D eigenvalue weighted by molar-refractivity contribution is -0.173. The van der Waals surface area contributed by atoms with Gasteiger partial charge in [0.15, 0.2) is 17.7 Å². The van der Waals surface area contributed by atoms with Crippen molar-refractivity contribution < 1.29 is 18.7 Å². The largest absolute Gasteiger partial charge is 0.543 e. The fourth-order valence-corrected chi connectivity index (χ4v) is 10.4. The third kappa shape index (κ3) is 3.73. The van der Waals surface area contributed by atoms with E-state index in [4.69, 9.17) is 13.9 Å². The molecule has 3 rings (SSSR count). The molecular weight excluding hydrogens is 380 g/mol. The van der Waals surface area contributed by atoms with E-state index in [0.717, 1.165) is 11.3 Å². The van der Waals surface area contributed by atoms with Crippen molar-refractivity contribution in [3.8, 4) is 5.75 Å². The monoisotopic (exact) mass is 416 g/mol. The Bertz CT molecular complexity index is 744. The zero-order chi connectivity index (χ0) is 21.6. The van der Waals surface area contributed by atoms with Gasteiger partial charge in [-0.3, -0.25) is 4.79 Å². The molecule has 0 radical (unpaired) electrons. The fourth-order valence-electron chi connectivity index (χ4n) is 5.12. The lowest BCUT2D eigenvalue weighted by Crippen LogP contribution is -2.50. The molecule has 1 saturated heterocycles. The second-order valence-electron chi connectivity index (χ2n) is 9.68. The number of rotatable bonds is 7. The topological polar surface area (TPSA) is 44.8 Å². The summed E-state index contributed by atoms with van der Waals surface area (Å²) in [6, 6.07) is 8.09. The number of hydrogen-bond acceptors (Lipinski definition) is 4. The van der Waals surface area contributed by atoms with Crippen molar-refractivity contribution in [1.29, 1.82) is 0 Å². The Balaban J connectivity index is 1.85. The summed E-state index contributed by atoms with van der Waals surface area (Å²) < 4.78 is 19.1. The van der Waals surface area contributed by atoms with Crippen LogP contribution >= 0.6 is 0 Å². The van der Waals surface area contributed by atoms with E-state index in [-0.39, 0.29) is 11.7 Å². The molecule has 2 unspecified atom stereocenters. The van der Waals surface area contributed by atoms with Gasteiger partial charge >= 0.3 is 0 Å². The molecule has 1 aromatic rings. The van der Waals surface area contributed by atoms with Gasteiger partial charge < -0.3 is 13.9 Å². The quantitative estimate of drug-likeness (QED) is 0.497. The molecule has 5 heteroatoms. The van der Waals surface area contributed by atoms with Gasteiger partial charge in [0.25, 0.3) is 8.32 Å². The molecule has 0 spiro atoms. The third-order valence-corrected chi connectivity index (χ3v) is 12.7. The second-order valence-corrected chi connectivity index (χ2v) is 15.1. The predicted octanol–water partition coefficient (Wildman–Crippen LogP) is 6.19. The normalized spacial score (nSPS) is 27.0. The van der Waals surface area contributed by atoms with Crippen LogP contribution in [0, 0.1) is 5.92 Å².